The molecule has 1 heterocycles. The number of rotatable bonds is 5. The van der Waals surface area contributed by atoms with Crippen LogP contribution in [0.5, 0.6) is 0 Å². The number of hydrogen-bond acceptors (Lipinski definition) is 3. The van der Waals surface area contributed by atoms with Gasteiger partial charge in [0.25, 0.3) is 0 Å². The Labute approximate surface area is 121 Å². The highest BCUT2D eigenvalue weighted by Gasteiger charge is 2.27. The van der Waals surface area contributed by atoms with Crippen molar-refractivity contribution in [1.82, 2.24) is 9.78 Å². The van der Waals surface area contributed by atoms with E-state index in [1.54, 1.807) is 17.9 Å². The van der Waals surface area contributed by atoms with Crippen molar-refractivity contribution in [2.45, 2.75) is 19.1 Å². The maximum absolute atomic E-state index is 10.6. The summed E-state index contributed by atoms with van der Waals surface area (Å²) in [6, 6.07) is 9.72. The molecule has 2 rings (SSSR count). The Morgan fingerprint density at radius 3 is 2.58 bits per heavy atom. The zero-order chi connectivity index (χ0) is 13.8. The molecule has 0 saturated carbocycles. The number of nitrogens with zero attached hydrogens (tertiary/aromatic N) is 2. The zero-order valence-corrected chi connectivity index (χ0v) is 12.5. The minimum atomic E-state index is -0.774. The first-order valence-corrected chi connectivity index (χ1v) is 6.96. The van der Waals surface area contributed by atoms with Crippen LogP contribution < -0.4 is 0 Å². The first-order valence-electron chi connectivity index (χ1n) is 6.17. The average Bonchev–Trinajstić information content (AvgIpc) is 2.76. The molecule has 2 aromatic rings. The van der Waals surface area contributed by atoms with Gasteiger partial charge in [0, 0.05) is 13.7 Å². The first kappa shape index (κ1) is 14.2. The van der Waals surface area contributed by atoms with E-state index < -0.39 is 12.2 Å². The Kier molecular flexibility index (Phi) is 4.74. The molecule has 19 heavy (non-hydrogen) atoms. The van der Waals surface area contributed by atoms with Crippen molar-refractivity contribution in [3.8, 4) is 0 Å². The quantitative estimate of drug-likeness (QED) is 0.919. The lowest BCUT2D eigenvalue weighted by Crippen LogP contribution is -2.17. The van der Waals surface area contributed by atoms with Crippen LogP contribution in [0, 0.1) is 0 Å². The Bertz CT molecular complexity index is 508. The van der Waals surface area contributed by atoms with E-state index >= 15 is 0 Å². The highest BCUT2D eigenvalue weighted by atomic mass is 79.9. The molecule has 1 aromatic carbocycles. The number of ether oxygens (including phenoxy) is 1. The molecule has 0 radical (unpaired) electrons. The number of aryl methyl sites for hydroxylation is 1. The topological polar surface area (TPSA) is 47.3 Å². The van der Waals surface area contributed by atoms with Crippen LogP contribution in [-0.4, -0.2) is 21.5 Å². The number of aliphatic hydroxyl groups is 1. The van der Waals surface area contributed by atoms with E-state index in [9.17, 15) is 5.11 Å². The van der Waals surface area contributed by atoms with E-state index in [0.717, 1.165) is 10.0 Å². The van der Waals surface area contributed by atoms with E-state index in [1.165, 1.54) is 0 Å². The summed E-state index contributed by atoms with van der Waals surface area (Å²) < 4.78 is 8.15. The van der Waals surface area contributed by atoms with Crippen LogP contribution in [0.2, 0.25) is 0 Å². The summed E-state index contributed by atoms with van der Waals surface area (Å²) in [6.45, 7) is 2.45. The van der Waals surface area contributed by atoms with Gasteiger partial charge in [0.05, 0.1) is 16.4 Å². The van der Waals surface area contributed by atoms with Gasteiger partial charge in [-0.3, -0.25) is 4.68 Å². The molecule has 0 fully saturated rings. The van der Waals surface area contributed by atoms with E-state index in [2.05, 4.69) is 21.0 Å². The average molecular weight is 325 g/mol. The number of benzene rings is 1. The number of aromatic nitrogens is 2. The normalized spacial score (nSPS) is 14.3. The van der Waals surface area contributed by atoms with Crippen LogP contribution >= 0.6 is 15.9 Å². The molecule has 1 aromatic heterocycles. The van der Waals surface area contributed by atoms with Crippen molar-refractivity contribution in [2.75, 3.05) is 6.61 Å². The number of hydrogen-bond donors (Lipinski definition) is 1. The molecule has 0 spiro atoms. The second-order valence-corrected chi connectivity index (χ2v) is 5.09. The van der Waals surface area contributed by atoms with Crippen molar-refractivity contribution in [3.05, 3.63) is 52.3 Å². The van der Waals surface area contributed by atoms with Crippen molar-refractivity contribution >= 4 is 15.9 Å². The Morgan fingerprint density at radius 2 is 2.05 bits per heavy atom. The summed E-state index contributed by atoms with van der Waals surface area (Å²) in [5, 5.41) is 14.7. The van der Waals surface area contributed by atoms with Crippen LogP contribution in [-0.2, 0) is 11.8 Å². The fourth-order valence-corrected chi connectivity index (χ4v) is 2.67. The molecule has 0 amide bonds. The Morgan fingerprint density at radius 1 is 1.37 bits per heavy atom. The van der Waals surface area contributed by atoms with Gasteiger partial charge in [-0.25, -0.2) is 0 Å². The second-order valence-electron chi connectivity index (χ2n) is 4.23. The molecular formula is C14H17BrN2O2. The van der Waals surface area contributed by atoms with Gasteiger partial charge >= 0.3 is 0 Å². The molecule has 2 unspecified atom stereocenters. The maximum Gasteiger partial charge on any atom is 0.127 e. The number of halogens is 1. The lowest BCUT2D eigenvalue weighted by molar-refractivity contribution is -0.0397. The lowest BCUT2D eigenvalue weighted by atomic mass is 10.0. The molecule has 2 atom stereocenters. The second kappa shape index (κ2) is 6.32. The smallest absolute Gasteiger partial charge is 0.127 e. The van der Waals surface area contributed by atoms with E-state index in [1.807, 2.05) is 37.3 Å². The van der Waals surface area contributed by atoms with Gasteiger partial charge in [-0.2, -0.15) is 5.10 Å². The Balaban J connectivity index is 2.34. The van der Waals surface area contributed by atoms with Gasteiger partial charge in [-0.1, -0.05) is 30.3 Å². The third-order valence-corrected chi connectivity index (χ3v) is 3.59. The first-order chi connectivity index (χ1) is 9.15. The van der Waals surface area contributed by atoms with Crippen LogP contribution in [0.3, 0.4) is 0 Å². The molecule has 102 valence electrons. The largest absolute Gasteiger partial charge is 0.384 e. The molecule has 0 aliphatic heterocycles. The summed E-state index contributed by atoms with van der Waals surface area (Å²) >= 11 is 3.41. The Hall–Kier alpha value is -1.17. The maximum atomic E-state index is 10.6. The third kappa shape index (κ3) is 3.05. The lowest BCUT2D eigenvalue weighted by Gasteiger charge is -2.23. The minimum absolute atomic E-state index is 0.405. The standard InChI is InChI=1S/C14H17BrN2O2/c1-3-19-14(10-7-5-4-6-8-10)13(18)12-11(15)9-16-17(12)2/h4-9,13-14,18H,3H2,1-2H3. The van der Waals surface area contributed by atoms with Crippen LogP contribution in [0.15, 0.2) is 41.0 Å². The monoisotopic (exact) mass is 324 g/mol. The third-order valence-electron chi connectivity index (χ3n) is 2.98. The van der Waals surface area contributed by atoms with Gasteiger partial charge in [-0.05, 0) is 28.4 Å². The van der Waals surface area contributed by atoms with Gasteiger partial charge in [-0.15, -0.1) is 0 Å². The van der Waals surface area contributed by atoms with Crippen LogP contribution in [0.25, 0.3) is 0 Å². The molecule has 0 aliphatic rings. The van der Waals surface area contributed by atoms with Crippen molar-refractivity contribution in [2.24, 2.45) is 7.05 Å². The van der Waals surface area contributed by atoms with Crippen LogP contribution in [0.1, 0.15) is 30.4 Å². The molecular weight excluding hydrogens is 308 g/mol. The molecule has 0 bridgehead atoms. The van der Waals surface area contributed by atoms with Crippen molar-refractivity contribution in [3.63, 3.8) is 0 Å². The summed E-state index contributed by atoms with van der Waals surface area (Å²) in [6.07, 6.45) is 0.495. The summed E-state index contributed by atoms with van der Waals surface area (Å²) in [5.74, 6) is 0. The van der Waals surface area contributed by atoms with Crippen LogP contribution in [0.4, 0.5) is 0 Å². The highest BCUT2D eigenvalue weighted by molar-refractivity contribution is 9.10. The zero-order valence-electron chi connectivity index (χ0n) is 11.0. The van der Waals surface area contributed by atoms with Gasteiger partial charge < -0.3 is 9.84 Å². The number of aliphatic hydroxyl groups excluding tert-OH is 1. The minimum Gasteiger partial charge on any atom is -0.384 e. The summed E-state index contributed by atoms with van der Waals surface area (Å²) in [7, 11) is 1.80. The van der Waals surface area contributed by atoms with E-state index in [-0.39, 0.29) is 0 Å². The predicted molar refractivity (Wildman–Crippen MR) is 76.7 cm³/mol. The molecule has 5 heteroatoms. The molecule has 4 nitrogen and oxygen atoms in total. The fraction of sp³-hybridized carbons (Fsp3) is 0.357. The predicted octanol–water partition coefficient (Wildman–Crippen LogP) is 2.99. The van der Waals surface area contributed by atoms with Gasteiger partial charge in [0.1, 0.15) is 12.2 Å². The molecule has 1 N–H and O–H groups in total. The van der Waals surface area contributed by atoms with Gasteiger partial charge in [0.15, 0.2) is 0 Å². The fourth-order valence-electron chi connectivity index (χ4n) is 2.09. The molecule has 0 aliphatic carbocycles. The van der Waals surface area contributed by atoms with Crippen molar-refractivity contribution in [1.29, 1.82) is 0 Å². The van der Waals surface area contributed by atoms with E-state index in [4.69, 9.17) is 4.74 Å². The summed E-state index contributed by atoms with van der Waals surface area (Å²) in [5.41, 5.74) is 1.66. The summed E-state index contributed by atoms with van der Waals surface area (Å²) in [4.78, 5) is 0. The van der Waals surface area contributed by atoms with Crippen molar-refractivity contribution < 1.29 is 9.84 Å². The highest BCUT2D eigenvalue weighted by Crippen LogP contribution is 2.35. The molecule has 0 saturated heterocycles. The van der Waals surface area contributed by atoms with Gasteiger partial charge in [0.2, 0.25) is 0 Å². The van der Waals surface area contributed by atoms with E-state index in [0.29, 0.717) is 12.3 Å². The SMILES string of the molecule is CCOC(c1ccccc1)C(O)c1c(Br)cnn1C.